The number of benzene rings is 1. The van der Waals surface area contributed by atoms with Crippen LogP contribution in [0.1, 0.15) is 48.9 Å². The predicted molar refractivity (Wildman–Crippen MR) is 89.4 cm³/mol. The van der Waals surface area contributed by atoms with Gasteiger partial charge in [0.05, 0.1) is 6.04 Å². The molecule has 2 aromatic rings. The maximum atomic E-state index is 13.9. The molecule has 3 nitrogen and oxygen atoms in total. The molecule has 6 heteroatoms. The lowest BCUT2D eigenvalue weighted by molar-refractivity contribution is 0.0727. The topological polar surface area (TPSA) is 25.2 Å². The van der Waals surface area contributed by atoms with Crippen molar-refractivity contribution in [3.8, 4) is 0 Å². The molecule has 1 heterocycles. The van der Waals surface area contributed by atoms with Crippen LogP contribution in [0.3, 0.4) is 0 Å². The molecule has 2 rings (SSSR count). The van der Waals surface area contributed by atoms with Gasteiger partial charge in [-0.2, -0.15) is 0 Å². The summed E-state index contributed by atoms with van der Waals surface area (Å²) in [4.78, 5) is 14.2. The van der Waals surface area contributed by atoms with Crippen LogP contribution in [0, 0.1) is 11.6 Å². The summed E-state index contributed by atoms with van der Waals surface area (Å²) in [5, 5.41) is 0. The van der Waals surface area contributed by atoms with Gasteiger partial charge in [0.15, 0.2) is 0 Å². The van der Waals surface area contributed by atoms with E-state index in [1.807, 2.05) is 24.6 Å². The van der Waals surface area contributed by atoms with Gasteiger partial charge in [0, 0.05) is 29.3 Å². The quantitative estimate of drug-likeness (QED) is 0.732. The first-order chi connectivity index (χ1) is 10.7. The van der Waals surface area contributed by atoms with Gasteiger partial charge < -0.3 is 9.47 Å². The number of carbonyl (C=O) groups excluding carboxylic acids is 1. The molecule has 0 saturated carbocycles. The third-order valence-electron chi connectivity index (χ3n) is 3.90. The Hall–Kier alpha value is -1.69. The van der Waals surface area contributed by atoms with Gasteiger partial charge in [-0.05, 0) is 61.0 Å². The van der Waals surface area contributed by atoms with Crippen molar-refractivity contribution in [3.05, 3.63) is 57.8 Å². The second kappa shape index (κ2) is 6.83. The molecule has 0 radical (unpaired) electrons. The van der Waals surface area contributed by atoms with Crippen LogP contribution in [0.2, 0.25) is 0 Å². The molecule has 0 aliphatic rings. The van der Waals surface area contributed by atoms with E-state index in [0.29, 0.717) is 5.69 Å². The molecular formula is C17H19BrF2N2O. The molecule has 1 amide bonds. The highest BCUT2D eigenvalue weighted by Gasteiger charge is 2.25. The Balaban J connectivity index is 2.34. The highest BCUT2D eigenvalue weighted by atomic mass is 79.9. The van der Waals surface area contributed by atoms with Crippen molar-refractivity contribution in [3.63, 3.8) is 0 Å². The van der Waals surface area contributed by atoms with Crippen molar-refractivity contribution >= 4 is 21.8 Å². The molecule has 0 N–H and O–H groups in total. The fraction of sp³-hybridized carbons (Fsp3) is 0.353. The number of hydrogen-bond acceptors (Lipinski definition) is 1. The molecule has 1 aromatic carbocycles. The lowest BCUT2D eigenvalue weighted by Gasteiger charge is -2.26. The van der Waals surface area contributed by atoms with E-state index in [1.54, 1.807) is 20.0 Å². The summed E-state index contributed by atoms with van der Waals surface area (Å²) in [7, 11) is 1.59. The molecule has 1 unspecified atom stereocenters. The average molecular weight is 385 g/mol. The van der Waals surface area contributed by atoms with Crippen molar-refractivity contribution in [1.82, 2.24) is 9.47 Å². The molecule has 0 bridgehead atoms. The van der Waals surface area contributed by atoms with E-state index in [-0.39, 0.29) is 17.5 Å². The van der Waals surface area contributed by atoms with Crippen LogP contribution in [0.25, 0.3) is 0 Å². The molecule has 1 aromatic heterocycles. The largest absolute Gasteiger partial charge is 0.340 e. The van der Waals surface area contributed by atoms with Crippen molar-refractivity contribution in [2.75, 3.05) is 7.05 Å². The van der Waals surface area contributed by atoms with Crippen LogP contribution in [0.4, 0.5) is 8.78 Å². The first kappa shape index (κ1) is 17.7. The monoisotopic (exact) mass is 384 g/mol. The Morgan fingerprint density at radius 2 is 1.87 bits per heavy atom. The van der Waals surface area contributed by atoms with Gasteiger partial charge in [0.2, 0.25) is 0 Å². The lowest BCUT2D eigenvalue weighted by atomic mass is 10.1. The highest BCUT2D eigenvalue weighted by molar-refractivity contribution is 9.10. The second-order valence-electron chi connectivity index (χ2n) is 5.80. The van der Waals surface area contributed by atoms with E-state index < -0.39 is 17.7 Å². The number of nitrogens with zero attached hydrogens (tertiary/aromatic N) is 2. The molecule has 0 fully saturated rings. The summed E-state index contributed by atoms with van der Waals surface area (Å²) >= 11 is 3.37. The molecule has 0 saturated heterocycles. The zero-order valence-electron chi connectivity index (χ0n) is 13.5. The second-order valence-corrected chi connectivity index (χ2v) is 6.72. The molecule has 0 spiro atoms. The van der Waals surface area contributed by atoms with Gasteiger partial charge in [-0.1, -0.05) is 0 Å². The van der Waals surface area contributed by atoms with E-state index in [1.165, 1.54) is 4.90 Å². The Kier molecular flexibility index (Phi) is 5.24. The standard InChI is InChI=1S/C17H19BrF2N2O/c1-10(2)22-9-12(18)7-16(22)17(23)21(4)11(3)14-8-13(19)5-6-15(14)20/h5-11H,1-4H3. The fourth-order valence-electron chi connectivity index (χ4n) is 2.44. The number of carbonyl (C=O) groups is 1. The summed E-state index contributed by atoms with van der Waals surface area (Å²) in [6.07, 6.45) is 1.83. The van der Waals surface area contributed by atoms with Gasteiger partial charge >= 0.3 is 0 Å². The van der Waals surface area contributed by atoms with Crippen molar-refractivity contribution < 1.29 is 13.6 Å². The van der Waals surface area contributed by atoms with E-state index in [4.69, 9.17) is 0 Å². The number of rotatable bonds is 4. The molecule has 1 atom stereocenters. The highest BCUT2D eigenvalue weighted by Crippen LogP contribution is 2.26. The zero-order chi connectivity index (χ0) is 17.3. The first-order valence-electron chi connectivity index (χ1n) is 7.31. The molecular weight excluding hydrogens is 366 g/mol. The Morgan fingerprint density at radius 1 is 1.22 bits per heavy atom. The third kappa shape index (κ3) is 3.63. The summed E-state index contributed by atoms with van der Waals surface area (Å²) in [5.74, 6) is -1.30. The minimum absolute atomic E-state index is 0.106. The lowest BCUT2D eigenvalue weighted by Crippen LogP contribution is -2.32. The number of hydrogen-bond donors (Lipinski definition) is 0. The van der Waals surface area contributed by atoms with Crippen molar-refractivity contribution in [1.29, 1.82) is 0 Å². The summed E-state index contributed by atoms with van der Waals surface area (Å²) < 4.78 is 30.0. The van der Waals surface area contributed by atoms with Crippen molar-refractivity contribution in [2.24, 2.45) is 0 Å². The third-order valence-corrected chi connectivity index (χ3v) is 4.33. The van der Waals surface area contributed by atoms with E-state index >= 15 is 0 Å². The minimum Gasteiger partial charge on any atom is -0.340 e. The summed E-state index contributed by atoms with van der Waals surface area (Å²) in [5.41, 5.74) is 0.653. The number of halogens is 3. The maximum Gasteiger partial charge on any atom is 0.270 e. The van der Waals surface area contributed by atoms with E-state index in [0.717, 1.165) is 22.7 Å². The van der Waals surface area contributed by atoms with Crippen molar-refractivity contribution in [2.45, 2.75) is 32.9 Å². The fourth-order valence-corrected chi connectivity index (χ4v) is 2.88. The molecule has 124 valence electrons. The van der Waals surface area contributed by atoms with E-state index in [9.17, 15) is 13.6 Å². The van der Waals surface area contributed by atoms with Crippen LogP contribution >= 0.6 is 15.9 Å². The Labute approximate surface area is 143 Å². The van der Waals surface area contributed by atoms with Gasteiger partial charge in [-0.3, -0.25) is 4.79 Å². The van der Waals surface area contributed by atoms with Gasteiger partial charge in [0.25, 0.3) is 5.91 Å². The number of aromatic nitrogens is 1. The zero-order valence-corrected chi connectivity index (χ0v) is 15.1. The Bertz CT molecular complexity index is 727. The normalized spacial score (nSPS) is 12.5. The van der Waals surface area contributed by atoms with Gasteiger partial charge in [-0.15, -0.1) is 0 Å². The smallest absolute Gasteiger partial charge is 0.270 e. The summed E-state index contributed by atoms with van der Waals surface area (Å²) in [6, 6.07) is 4.51. The number of amides is 1. The Morgan fingerprint density at radius 3 is 2.48 bits per heavy atom. The maximum absolute atomic E-state index is 13.9. The first-order valence-corrected chi connectivity index (χ1v) is 8.11. The van der Waals surface area contributed by atoms with Crippen LogP contribution < -0.4 is 0 Å². The minimum atomic E-state index is -0.590. The SMILES string of the molecule is CC(c1cc(F)ccc1F)N(C)C(=O)c1cc(Br)cn1C(C)C. The predicted octanol–water partition coefficient (Wildman–Crippen LogP) is 4.94. The van der Waals surface area contributed by atoms with Gasteiger partial charge in [-0.25, -0.2) is 8.78 Å². The average Bonchev–Trinajstić information content (AvgIpc) is 2.89. The molecule has 23 heavy (non-hydrogen) atoms. The molecule has 0 aliphatic heterocycles. The van der Waals surface area contributed by atoms with E-state index in [2.05, 4.69) is 15.9 Å². The van der Waals surface area contributed by atoms with Gasteiger partial charge in [0.1, 0.15) is 17.3 Å². The summed E-state index contributed by atoms with van der Waals surface area (Å²) in [6.45, 7) is 5.62. The van der Waals surface area contributed by atoms with Crippen LogP contribution in [-0.4, -0.2) is 22.4 Å². The van der Waals surface area contributed by atoms with Crippen LogP contribution in [-0.2, 0) is 0 Å². The van der Waals surface area contributed by atoms with Crippen LogP contribution in [0.5, 0.6) is 0 Å². The van der Waals surface area contributed by atoms with Crippen LogP contribution in [0.15, 0.2) is 34.9 Å². The molecule has 0 aliphatic carbocycles.